The van der Waals surface area contributed by atoms with Crippen molar-refractivity contribution in [2.24, 2.45) is 0 Å². The van der Waals surface area contributed by atoms with Gasteiger partial charge in [-0.3, -0.25) is 9.48 Å². The van der Waals surface area contributed by atoms with Crippen LogP contribution in [0.15, 0.2) is 47.8 Å². The topological polar surface area (TPSA) is 56.1 Å². The quantitative estimate of drug-likeness (QED) is 0.552. The molecular weight excluding hydrogens is 358 g/mol. The molecule has 0 bridgehead atoms. The second-order valence-corrected chi connectivity index (χ2v) is 7.30. The Hall–Kier alpha value is -2.60. The van der Waals surface area contributed by atoms with Crippen LogP contribution in [-0.4, -0.2) is 28.8 Å². The Labute approximate surface area is 164 Å². The summed E-state index contributed by atoms with van der Waals surface area (Å²) in [5.41, 5.74) is 2.70. The number of nitrogens with zero attached hydrogens (tertiary/aromatic N) is 2. The van der Waals surface area contributed by atoms with E-state index in [1.807, 2.05) is 35.2 Å². The number of ether oxygens (including phenoxy) is 1. The highest BCUT2D eigenvalue weighted by Gasteiger charge is 2.09. The first-order chi connectivity index (χ1) is 13.2. The highest BCUT2D eigenvalue weighted by Crippen LogP contribution is 2.23. The Bertz CT molecular complexity index is 854. The smallest absolute Gasteiger partial charge is 0.251 e. The van der Waals surface area contributed by atoms with Gasteiger partial charge in [0.05, 0.1) is 18.0 Å². The third-order valence-corrected chi connectivity index (χ3v) is 5.14. The van der Waals surface area contributed by atoms with Crippen molar-refractivity contribution >= 4 is 17.2 Å². The summed E-state index contributed by atoms with van der Waals surface area (Å²) in [5, 5.41) is 9.63. The minimum atomic E-state index is -0.0848. The summed E-state index contributed by atoms with van der Waals surface area (Å²) in [7, 11) is 0. The van der Waals surface area contributed by atoms with E-state index in [-0.39, 0.29) is 5.91 Å². The molecule has 142 valence electrons. The van der Waals surface area contributed by atoms with Crippen LogP contribution in [0.2, 0.25) is 0 Å². The summed E-state index contributed by atoms with van der Waals surface area (Å²) in [6.45, 7) is 6.04. The maximum atomic E-state index is 12.3. The summed E-state index contributed by atoms with van der Waals surface area (Å²) >= 11 is 1.68. The Morgan fingerprint density at radius 3 is 2.78 bits per heavy atom. The van der Waals surface area contributed by atoms with Gasteiger partial charge in [-0.15, -0.1) is 11.3 Å². The van der Waals surface area contributed by atoms with E-state index in [0.717, 1.165) is 34.9 Å². The van der Waals surface area contributed by atoms with Crippen LogP contribution in [0.25, 0.3) is 10.6 Å². The van der Waals surface area contributed by atoms with Crippen molar-refractivity contribution in [1.29, 1.82) is 0 Å². The van der Waals surface area contributed by atoms with Gasteiger partial charge in [0.2, 0.25) is 0 Å². The first-order valence-electron chi connectivity index (χ1n) is 9.26. The number of hydrogen-bond acceptors (Lipinski definition) is 4. The van der Waals surface area contributed by atoms with E-state index in [9.17, 15) is 4.79 Å². The molecule has 0 aliphatic carbocycles. The molecule has 5 nitrogen and oxygen atoms in total. The SMILES string of the molecule is CCCCOc1ccc(C(=O)NCCn2nc(-c3cccs3)cc2C)cc1. The molecule has 3 aromatic rings. The number of hydrogen-bond donors (Lipinski definition) is 1. The van der Waals surface area contributed by atoms with Crippen molar-refractivity contribution < 1.29 is 9.53 Å². The number of aryl methyl sites for hydroxylation is 1. The van der Waals surface area contributed by atoms with Crippen molar-refractivity contribution in [1.82, 2.24) is 15.1 Å². The van der Waals surface area contributed by atoms with E-state index in [4.69, 9.17) is 4.74 Å². The Morgan fingerprint density at radius 2 is 2.07 bits per heavy atom. The number of nitrogens with one attached hydrogen (secondary N) is 1. The zero-order valence-electron chi connectivity index (χ0n) is 15.8. The second kappa shape index (κ2) is 9.37. The average Bonchev–Trinajstić information content (AvgIpc) is 3.33. The zero-order valence-corrected chi connectivity index (χ0v) is 16.6. The second-order valence-electron chi connectivity index (χ2n) is 6.35. The summed E-state index contributed by atoms with van der Waals surface area (Å²) in [4.78, 5) is 13.5. The standard InChI is InChI=1S/C21H25N3O2S/c1-3-4-13-26-18-9-7-17(8-10-18)21(25)22-11-12-24-16(2)15-19(23-24)20-6-5-14-27-20/h5-10,14-15H,3-4,11-13H2,1-2H3,(H,22,25). The molecule has 0 spiro atoms. The fourth-order valence-electron chi connectivity index (χ4n) is 2.70. The van der Waals surface area contributed by atoms with Gasteiger partial charge in [0.15, 0.2) is 0 Å². The van der Waals surface area contributed by atoms with Gasteiger partial charge in [0.25, 0.3) is 5.91 Å². The molecule has 1 N–H and O–H groups in total. The molecule has 6 heteroatoms. The van der Waals surface area contributed by atoms with Crippen molar-refractivity contribution in [3.05, 3.63) is 59.1 Å². The molecule has 2 aromatic heterocycles. The molecule has 0 fully saturated rings. The molecule has 3 rings (SSSR count). The predicted molar refractivity (Wildman–Crippen MR) is 109 cm³/mol. The number of unbranched alkanes of at least 4 members (excludes halogenated alkanes) is 1. The Balaban J connectivity index is 1.49. The van der Waals surface area contributed by atoms with Crippen LogP contribution < -0.4 is 10.1 Å². The van der Waals surface area contributed by atoms with Crippen molar-refractivity contribution in [2.45, 2.75) is 33.2 Å². The van der Waals surface area contributed by atoms with Gasteiger partial charge < -0.3 is 10.1 Å². The molecule has 1 amide bonds. The number of thiophene rings is 1. The fraction of sp³-hybridized carbons (Fsp3) is 0.333. The maximum Gasteiger partial charge on any atom is 0.251 e. The molecule has 0 saturated heterocycles. The molecular formula is C21H25N3O2S. The Kier molecular flexibility index (Phi) is 6.65. The lowest BCUT2D eigenvalue weighted by atomic mass is 10.2. The van der Waals surface area contributed by atoms with Gasteiger partial charge in [0, 0.05) is 17.8 Å². The number of amides is 1. The minimum Gasteiger partial charge on any atom is -0.494 e. The summed E-state index contributed by atoms with van der Waals surface area (Å²) in [6, 6.07) is 13.4. The largest absolute Gasteiger partial charge is 0.494 e. The van der Waals surface area contributed by atoms with Crippen molar-refractivity contribution in [3.63, 3.8) is 0 Å². The van der Waals surface area contributed by atoms with Gasteiger partial charge in [-0.1, -0.05) is 19.4 Å². The summed E-state index contributed by atoms with van der Waals surface area (Å²) in [6.07, 6.45) is 2.13. The minimum absolute atomic E-state index is 0.0848. The molecule has 0 radical (unpaired) electrons. The van der Waals surface area contributed by atoms with E-state index in [1.54, 1.807) is 23.5 Å². The molecule has 2 heterocycles. The van der Waals surface area contributed by atoms with Crippen LogP contribution in [0.5, 0.6) is 5.75 Å². The lowest BCUT2D eigenvalue weighted by Gasteiger charge is -2.08. The highest BCUT2D eigenvalue weighted by atomic mass is 32.1. The lowest BCUT2D eigenvalue weighted by molar-refractivity contribution is 0.0952. The van der Waals surface area contributed by atoms with Crippen molar-refractivity contribution in [2.75, 3.05) is 13.2 Å². The molecule has 0 aliphatic rings. The average molecular weight is 384 g/mol. The monoisotopic (exact) mass is 383 g/mol. The number of benzene rings is 1. The third kappa shape index (κ3) is 5.20. The van der Waals surface area contributed by atoms with Gasteiger partial charge in [0.1, 0.15) is 11.4 Å². The summed E-state index contributed by atoms with van der Waals surface area (Å²) < 4.78 is 7.55. The molecule has 0 unspecified atom stereocenters. The van der Waals surface area contributed by atoms with Gasteiger partial charge in [-0.2, -0.15) is 5.10 Å². The first kappa shape index (κ1) is 19.2. The van der Waals surface area contributed by atoms with E-state index >= 15 is 0 Å². The van der Waals surface area contributed by atoms with E-state index in [0.29, 0.717) is 25.3 Å². The van der Waals surface area contributed by atoms with E-state index in [2.05, 4.69) is 29.5 Å². The van der Waals surface area contributed by atoms with Crippen LogP contribution in [0.3, 0.4) is 0 Å². The van der Waals surface area contributed by atoms with Crippen LogP contribution in [0.1, 0.15) is 35.8 Å². The number of aromatic nitrogens is 2. The molecule has 27 heavy (non-hydrogen) atoms. The normalized spacial score (nSPS) is 10.7. The maximum absolute atomic E-state index is 12.3. The number of rotatable bonds is 9. The third-order valence-electron chi connectivity index (χ3n) is 4.25. The van der Waals surface area contributed by atoms with Gasteiger partial charge in [-0.05, 0) is 55.1 Å². The predicted octanol–water partition coefficient (Wildman–Crippen LogP) is 4.53. The van der Waals surface area contributed by atoms with Crippen LogP contribution in [0.4, 0.5) is 0 Å². The first-order valence-corrected chi connectivity index (χ1v) is 10.1. The Morgan fingerprint density at radius 1 is 1.26 bits per heavy atom. The van der Waals surface area contributed by atoms with Crippen LogP contribution in [0, 0.1) is 6.92 Å². The molecule has 0 aliphatic heterocycles. The van der Waals surface area contributed by atoms with Crippen LogP contribution >= 0.6 is 11.3 Å². The van der Waals surface area contributed by atoms with E-state index < -0.39 is 0 Å². The van der Waals surface area contributed by atoms with Crippen LogP contribution in [-0.2, 0) is 6.54 Å². The zero-order chi connectivity index (χ0) is 19.1. The number of carbonyl (C=O) groups is 1. The number of carbonyl (C=O) groups excluding carboxylic acids is 1. The van der Waals surface area contributed by atoms with Gasteiger partial charge in [-0.25, -0.2) is 0 Å². The molecule has 0 saturated carbocycles. The molecule has 1 aromatic carbocycles. The van der Waals surface area contributed by atoms with Crippen molar-refractivity contribution in [3.8, 4) is 16.3 Å². The summed E-state index contributed by atoms with van der Waals surface area (Å²) in [5.74, 6) is 0.715. The van der Waals surface area contributed by atoms with Gasteiger partial charge >= 0.3 is 0 Å². The fourth-order valence-corrected chi connectivity index (χ4v) is 3.38. The van der Waals surface area contributed by atoms with E-state index in [1.165, 1.54) is 0 Å². The highest BCUT2D eigenvalue weighted by molar-refractivity contribution is 7.13. The lowest BCUT2D eigenvalue weighted by Crippen LogP contribution is -2.27. The molecule has 0 atom stereocenters.